The van der Waals surface area contributed by atoms with Crippen LogP contribution in [0.15, 0.2) is 0 Å². The van der Waals surface area contributed by atoms with Gasteiger partial charge in [-0.3, -0.25) is 0 Å². The van der Waals surface area contributed by atoms with Crippen molar-refractivity contribution in [3.05, 3.63) is 0 Å². The minimum absolute atomic E-state index is 0. The molecule has 0 saturated heterocycles. The van der Waals surface area contributed by atoms with Gasteiger partial charge in [0.2, 0.25) is 0 Å². The van der Waals surface area contributed by atoms with Crippen molar-refractivity contribution in [2.45, 2.75) is 0 Å². The van der Waals surface area contributed by atoms with Gasteiger partial charge >= 0.3 is 73.4 Å². The summed E-state index contributed by atoms with van der Waals surface area (Å²) in [5.41, 5.74) is 0. The van der Waals surface area contributed by atoms with Crippen molar-refractivity contribution in [1.82, 2.24) is 0 Å². The van der Waals surface area contributed by atoms with E-state index < -0.39 is 0 Å². The van der Waals surface area contributed by atoms with Gasteiger partial charge in [-0.2, -0.15) is 0 Å². The summed E-state index contributed by atoms with van der Waals surface area (Å²) in [4.78, 5) is 0. The van der Waals surface area contributed by atoms with E-state index in [1.54, 1.807) is 0 Å². The second-order valence-electron chi connectivity index (χ2n) is 0. The van der Waals surface area contributed by atoms with Gasteiger partial charge in [0, 0.05) is 0 Å². The van der Waals surface area contributed by atoms with E-state index >= 15 is 0 Å². The van der Waals surface area contributed by atoms with Crippen LogP contribution in [0, 0.1) is 0 Å². The van der Waals surface area contributed by atoms with Gasteiger partial charge < -0.3 is 0 Å². The molecule has 0 amide bonds. The molecule has 4 heteroatoms. The summed E-state index contributed by atoms with van der Waals surface area (Å²) < 4.78 is 0. The van der Waals surface area contributed by atoms with Gasteiger partial charge in [0.15, 0.2) is 0 Å². The van der Waals surface area contributed by atoms with Crippen LogP contribution in [0.4, 0.5) is 0 Å². The van der Waals surface area contributed by atoms with Gasteiger partial charge in [0.05, 0.1) is 0 Å². The molecular weight excluding hydrogens is 198 g/mol. The van der Waals surface area contributed by atoms with Gasteiger partial charge in [-0.25, -0.2) is 0 Å². The molecule has 0 nitrogen and oxygen atoms in total. The zero-order valence-corrected chi connectivity index (χ0v) is 6.26. The van der Waals surface area contributed by atoms with Crippen LogP contribution in [-0.2, 0) is 50.3 Å². The smallest absolute Gasteiger partial charge is 2.00 e. The van der Waals surface area contributed by atoms with E-state index in [-0.39, 0.29) is 73.4 Å². The molecule has 0 bridgehead atoms. The normalized spacial score (nSPS) is 0. The molecule has 0 heterocycles. The molecular formula is CoFeMgNi+8. The molecule has 0 atom stereocenters. The van der Waals surface area contributed by atoms with E-state index in [0.717, 1.165) is 0 Å². The zero-order valence-electron chi connectivity index (χ0n) is 1.71. The van der Waals surface area contributed by atoms with Crippen molar-refractivity contribution >= 4 is 23.1 Å². The second-order valence-corrected chi connectivity index (χ2v) is 0. The third kappa shape index (κ3) is 8.86. The first-order valence-corrected chi connectivity index (χ1v) is 0. The van der Waals surface area contributed by atoms with Gasteiger partial charge in [-0.05, 0) is 0 Å². The molecule has 0 spiro atoms. The van der Waals surface area contributed by atoms with Crippen LogP contribution < -0.4 is 0 Å². The molecule has 0 saturated carbocycles. The van der Waals surface area contributed by atoms with Crippen LogP contribution >= 0.6 is 0 Å². The quantitative estimate of drug-likeness (QED) is 0.465. The maximum atomic E-state index is 0. The monoisotopic (exact) mass is 197 g/mol. The minimum atomic E-state index is 0. The Kier molecular flexibility index (Phi) is 156. The number of rotatable bonds is 0. The molecule has 0 N–H and O–H groups in total. The molecule has 0 fully saturated rings. The van der Waals surface area contributed by atoms with Gasteiger partial charge in [-0.15, -0.1) is 0 Å². The van der Waals surface area contributed by atoms with Crippen molar-refractivity contribution in [3.8, 4) is 0 Å². The van der Waals surface area contributed by atoms with E-state index in [1.807, 2.05) is 0 Å². The summed E-state index contributed by atoms with van der Waals surface area (Å²) in [6.07, 6.45) is 0. The Hall–Kier alpha value is 2.29. The fourth-order valence-electron chi connectivity index (χ4n) is 0. The van der Waals surface area contributed by atoms with Crippen LogP contribution in [0.1, 0.15) is 0 Å². The third-order valence-electron chi connectivity index (χ3n) is 0. The van der Waals surface area contributed by atoms with Crippen LogP contribution in [-0.4, -0.2) is 23.1 Å². The zero-order chi connectivity index (χ0) is 0. The third-order valence-corrected chi connectivity index (χ3v) is 0. The molecule has 0 aliphatic heterocycles. The summed E-state index contributed by atoms with van der Waals surface area (Å²) in [6, 6.07) is 0. The molecule has 0 aromatic rings. The summed E-state index contributed by atoms with van der Waals surface area (Å²) in [7, 11) is 0. The molecule has 0 aromatic carbocycles. The van der Waals surface area contributed by atoms with Gasteiger partial charge in [0.25, 0.3) is 0 Å². The first kappa shape index (κ1) is 33.6. The average Bonchev–Trinajstić information content (AvgIpc) is 0. The van der Waals surface area contributed by atoms with E-state index in [9.17, 15) is 0 Å². The van der Waals surface area contributed by atoms with Crippen molar-refractivity contribution in [1.29, 1.82) is 0 Å². The van der Waals surface area contributed by atoms with Crippen LogP contribution in [0.3, 0.4) is 0 Å². The fraction of sp³-hybridized carbons (Fsp3) is 0. The SMILES string of the molecule is [Co+2].[Fe+2].[Mg+2].[Ni+2]. The number of hydrogen-bond donors (Lipinski definition) is 0. The Balaban J connectivity index is 0. The Morgan fingerprint density at radius 1 is 1.00 bits per heavy atom. The van der Waals surface area contributed by atoms with Crippen LogP contribution in [0.25, 0.3) is 0 Å². The summed E-state index contributed by atoms with van der Waals surface area (Å²) in [6.45, 7) is 0. The van der Waals surface area contributed by atoms with E-state index in [4.69, 9.17) is 0 Å². The molecule has 0 unspecified atom stereocenters. The Morgan fingerprint density at radius 2 is 1.00 bits per heavy atom. The average molecular weight is 198 g/mol. The predicted octanol–water partition coefficient (Wildman–Crippen LogP) is -0.388. The molecule has 1 radical (unpaired) electrons. The predicted molar refractivity (Wildman–Crippen MR) is 5.75 cm³/mol. The maximum Gasteiger partial charge on any atom is 2.00 e. The summed E-state index contributed by atoms with van der Waals surface area (Å²) >= 11 is 0. The molecule has 0 aliphatic rings. The van der Waals surface area contributed by atoms with Crippen molar-refractivity contribution in [3.63, 3.8) is 0 Å². The van der Waals surface area contributed by atoms with Crippen LogP contribution in [0.2, 0.25) is 0 Å². The van der Waals surface area contributed by atoms with Crippen LogP contribution in [0.5, 0.6) is 0 Å². The minimum Gasteiger partial charge on any atom is 2.00 e. The first-order chi connectivity index (χ1) is 0. The van der Waals surface area contributed by atoms with E-state index in [1.165, 1.54) is 0 Å². The molecule has 0 aromatic heterocycles. The summed E-state index contributed by atoms with van der Waals surface area (Å²) in [5, 5.41) is 0. The maximum absolute atomic E-state index is 0. The Labute approximate surface area is 72.6 Å². The molecule has 21 valence electrons. The first-order valence-electron chi connectivity index (χ1n) is 0. The molecule has 0 rings (SSSR count). The second kappa shape index (κ2) is 18.6. The van der Waals surface area contributed by atoms with Crippen molar-refractivity contribution in [2.24, 2.45) is 0 Å². The Bertz CT molecular complexity index is 8.00. The fourth-order valence-corrected chi connectivity index (χ4v) is 0. The van der Waals surface area contributed by atoms with Crippen molar-refractivity contribution < 1.29 is 50.3 Å². The summed E-state index contributed by atoms with van der Waals surface area (Å²) in [5.74, 6) is 0. The van der Waals surface area contributed by atoms with Crippen molar-refractivity contribution in [2.75, 3.05) is 0 Å². The van der Waals surface area contributed by atoms with E-state index in [0.29, 0.717) is 0 Å². The van der Waals surface area contributed by atoms with E-state index in [2.05, 4.69) is 0 Å². The largest absolute Gasteiger partial charge is 2.00 e. The number of hydrogen-bond acceptors (Lipinski definition) is 0. The Morgan fingerprint density at radius 3 is 1.00 bits per heavy atom. The van der Waals surface area contributed by atoms with Gasteiger partial charge in [0.1, 0.15) is 0 Å². The molecule has 0 aliphatic carbocycles. The van der Waals surface area contributed by atoms with Gasteiger partial charge in [-0.1, -0.05) is 0 Å². The standard InChI is InChI=1S/Co.Fe.Mg.Ni/q4*+2. The topological polar surface area (TPSA) is 0 Å². The molecule has 4 heavy (non-hydrogen) atoms.